The third-order valence-electron chi connectivity index (χ3n) is 4.36. The lowest BCUT2D eigenvalue weighted by atomic mass is 9.91. The van der Waals surface area contributed by atoms with Crippen LogP contribution in [0.5, 0.6) is 0 Å². The highest BCUT2D eigenvalue weighted by molar-refractivity contribution is 5.79. The highest BCUT2D eigenvalue weighted by atomic mass is 16.2. The average Bonchev–Trinajstić information content (AvgIpc) is 2.74. The highest BCUT2D eigenvalue weighted by Gasteiger charge is 2.25. The first kappa shape index (κ1) is 18.5. The Hall–Kier alpha value is -1.84. The van der Waals surface area contributed by atoms with E-state index < -0.39 is 0 Å². The zero-order chi connectivity index (χ0) is 17.7. The van der Waals surface area contributed by atoms with E-state index in [9.17, 15) is 9.59 Å². The molecule has 1 heterocycles. The number of amides is 2. The monoisotopic (exact) mass is 330 g/mol. The molecule has 0 radical (unpaired) electrons. The maximum absolute atomic E-state index is 12.5. The molecule has 1 fully saturated rings. The maximum Gasteiger partial charge on any atom is 0.227 e. The number of aryl methyl sites for hydroxylation is 1. The zero-order valence-corrected chi connectivity index (χ0v) is 15.5. The van der Waals surface area contributed by atoms with Crippen LogP contribution >= 0.6 is 0 Å². The molecule has 4 heteroatoms. The Balaban J connectivity index is 1.89. The van der Waals surface area contributed by atoms with Gasteiger partial charge in [0.15, 0.2) is 0 Å². The largest absolute Gasteiger partial charge is 0.341 e. The highest BCUT2D eigenvalue weighted by Crippen LogP contribution is 2.20. The molecule has 0 aliphatic carbocycles. The molecule has 0 saturated carbocycles. The molecule has 1 aromatic rings. The van der Waals surface area contributed by atoms with E-state index in [0.29, 0.717) is 25.9 Å². The van der Waals surface area contributed by atoms with Crippen molar-refractivity contribution < 1.29 is 9.59 Å². The van der Waals surface area contributed by atoms with Gasteiger partial charge in [-0.1, -0.05) is 50.6 Å². The fourth-order valence-corrected chi connectivity index (χ4v) is 2.97. The molecule has 0 unspecified atom stereocenters. The van der Waals surface area contributed by atoms with Gasteiger partial charge in [-0.3, -0.25) is 9.59 Å². The fourth-order valence-electron chi connectivity index (χ4n) is 2.97. The number of hydrogen-bond acceptors (Lipinski definition) is 2. The smallest absolute Gasteiger partial charge is 0.227 e. The van der Waals surface area contributed by atoms with Gasteiger partial charge in [0.1, 0.15) is 0 Å². The quantitative estimate of drug-likeness (QED) is 0.855. The molecule has 2 rings (SSSR count). The second-order valence-electron chi connectivity index (χ2n) is 8.01. The number of carbonyl (C=O) groups excluding carboxylic acids is 2. The van der Waals surface area contributed by atoms with E-state index in [-0.39, 0.29) is 17.2 Å². The number of hydrogen-bond donors (Lipinski definition) is 0. The van der Waals surface area contributed by atoms with Crippen molar-refractivity contribution in [2.75, 3.05) is 26.2 Å². The fraction of sp³-hybridized carbons (Fsp3) is 0.600. The molecule has 1 aliphatic heterocycles. The summed E-state index contributed by atoms with van der Waals surface area (Å²) in [5.74, 6) is 0.360. The van der Waals surface area contributed by atoms with Crippen LogP contribution in [0, 0.1) is 12.3 Å². The molecule has 1 aromatic carbocycles. The Morgan fingerprint density at radius 2 is 1.46 bits per heavy atom. The van der Waals surface area contributed by atoms with Crippen LogP contribution in [0.3, 0.4) is 0 Å². The van der Waals surface area contributed by atoms with Gasteiger partial charge in [0.25, 0.3) is 0 Å². The second kappa shape index (κ2) is 7.82. The summed E-state index contributed by atoms with van der Waals surface area (Å²) >= 11 is 0. The van der Waals surface area contributed by atoms with Crippen molar-refractivity contribution in [2.45, 2.75) is 47.0 Å². The minimum Gasteiger partial charge on any atom is -0.341 e. The summed E-state index contributed by atoms with van der Waals surface area (Å²) in [6.07, 6.45) is 1.86. The Morgan fingerprint density at radius 1 is 0.917 bits per heavy atom. The summed E-state index contributed by atoms with van der Waals surface area (Å²) in [6, 6.07) is 8.12. The third-order valence-corrected chi connectivity index (χ3v) is 4.36. The second-order valence-corrected chi connectivity index (χ2v) is 8.01. The van der Waals surface area contributed by atoms with Crippen molar-refractivity contribution in [3.8, 4) is 0 Å². The molecule has 0 N–H and O–H groups in total. The summed E-state index contributed by atoms with van der Waals surface area (Å²) < 4.78 is 0. The standard InChI is InChI=1S/C20H30N2O2/c1-16-6-8-17(9-7-16)14-18(23)21-10-5-11-22(13-12-21)19(24)15-20(2,3)4/h6-9H,5,10-15H2,1-4H3. The molecule has 1 saturated heterocycles. The Bertz CT molecular complexity index is 572. The van der Waals surface area contributed by atoms with E-state index in [0.717, 1.165) is 25.1 Å². The van der Waals surface area contributed by atoms with Crippen molar-refractivity contribution in [3.05, 3.63) is 35.4 Å². The van der Waals surface area contributed by atoms with Crippen molar-refractivity contribution in [2.24, 2.45) is 5.41 Å². The minimum atomic E-state index is 0.00430. The van der Waals surface area contributed by atoms with Crippen LogP contribution in [0.25, 0.3) is 0 Å². The maximum atomic E-state index is 12.5. The van der Waals surface area contributed by atoms with Crippen LogP contribution in [0.2, 0.25) is 0 Å². The van der Waals surface area contributed by atoms with Crippen molar-refractivity contribution in [1.29, 1.82) is 0 Å². The Labute approximate surface area is 145 Å². The van der Waals surface area contributed by atoms with Crippen LogP contribution in [0.4, 0.5) is 0 Å². The molecule has 0 atom stereocenters. The summed E-state index contributed by atoms with van der Waals surface area (Å²) in [6.45, 7) is 11.1. The SMILES string of the molecule is Cc1ccc(CC(=O)N2CCCN(C(=O)CC(C)(C)C)CC2)cc1. The number of nitrogens with zero attached hydrogens (tertiary/aromatic N) is 2. The Morgan fingerprint density at radius 3 is 2.00 bits per heavy atom. The van der Waals surface area contributed by atoms with E-state index in [4.69, 9.17) is 0 Å². The predicted octanol–water partition coefficient (Wildman–Crippen LogP) is 3.03. The first-order valence-corrected chi connectivity index (χ1v) is 8.86. The molecule has 0 spiro atoms. The van der Waals surface area contributed by atoms with Gasteiger partial charge in [0.05, 0.1) is 6.42 Å². The number of rotatable bonds is 3. The van der Waals surface area contributed by atoms with Crippen molar-refractivity contribution in [1.82, 2.24) is 9.80 Å². The first-order valence-electron chi connectivity index (χ1n) is 8.86. The van der Waals surface area contributed by atoms with Gasteiger partial charge < -0.3 is 9.80 Å². The van der Waals surface area contributed by atoms with Gasteiger partial charge in [0.2, 0.25) is 11.8 Å². The van der Waals surface area contributed by atoms with Crippen LogP contribution in [0.15, 0.2) is 24.3 Å². The van der Waals surface area contributed by atoms with E-state index in [1.165, 1.54) is 5.56 Å². The van der Waals surface area contributed by atoms with Crippen LogP contribution in [-0.4, -0.2) is 47.8 Å². The van der Waals surface area contributed by atoms with Crippen LogP contribution < -0.4 is 0 Å². The molecule has 1 aliphatic rings. The van der Waals surface area contributed by atoms with Gasteiger partial charge in [-0.25, -0.2) is 0 Å². The van der Waals surface area contributed by atoms with Crippen LogP contribution in [-0.2, 0) is 16.0 Å². The summed E-state index contributed by atoms with van der Waals surface area (Å²) in [7, 11) is 0. The molecular formula is C20H30N2O2. The summed E-state index contributed by atoms with van der Waals surface area (Å²) in [4.78, 5) is 28.7. The lowest BCUT2D eigenvalue weighted by Gasteiger charge is -2.25. The van der Waals surface area contributed by atoms with Gasteiger partial charge in [-0.2, -0.15) is 0 Å². The van der Waals surface area contributed by atoms with Crippen molar-refractivity contribution in [3.63, 3.8) is 0 Å². The van der Waals surface area contributed by atoms with E-state index >= 15 is 0 Å². The molecular weight excluding hydrogens is 300 g/mol. The number of benzene rings is 1. The molecule has 132 valence electrons. The van der Waals surface area contributed by atoms with E-state index in [1.807, 2.05) is 41.0 Å². The minimum absolute atomic E-state index is 0.00430. The molecule has 4 nitrogen and oxygen atoms in total. The number of carbonyl (C=O) groups is 2. The Kier molecular flexibility index (Phi) is 6.03. The van der Waals surface area contributed by atoms with E-state index in [1.54, 1.807) is 0 Å². The van der Waals surface area contributed by atoms with E-state index in [2.05, 4.69) is 20.8 Å². The topological polar surface area (TPSA) is 40.6 Å². The lowest BCUT2D eigenvalue weighted by Crippen LogP contribution is -2.38. The van der Waals surface area contributed by atoms with Crippen LogP contribution in [0.1, 0.15) is 44.7 Å². The molecule has 0 aromatic heterocycles. The van der Waals surface area contributed by atoms with Gasteiger partial charge in [-0.15, -0.1) is 0 Å². The normalized spacial score (nSPS) is 16.0. The summed E-state index contributed by atoms with van der Waals surface area (Å²) in [5, 5.41) is 0. The molecule has 24 heavy (non-hydrogen) atoms. The predicted molar refractivity (Wildman–Crippen MR) is 96.7 cm³/mol. The molecule has 0 bridgehead atoms. The van der Waals surface area contributed by atoms with Gasteiger partial charge in [-0.05, 0) is 24.3 Å². The lowest BCUT2D eigenvalue weighted by molar-refractivity contribution is -0.134. The average molecular weight is 330 g/mol. The zero-order valence-electron chi connectivity index (χ0n) is 15.5. The first-order chi connectivity index (χ1) is 11.2. The van der Waals surface area contributed by atoms with Gasteiger partial charge >= 0.3 is 0 Å². The summed E-state index contributed by atoms with van der Waals surface area (Å²) in [5.41, 5.74) is 2.26. The van der Waals surface area contributed by atoms with Crippen molar-refractivity contribution >= 4 is 11.8 Å². The van der Waals surface area contributed by atoms with Gasteiger partial charge in [0, 0.05) is 32.6 Å². The molecule has 2 amide bonds. The third kappa shape index (κ3) is 5.66.